The van der Waals surface area contributed by atoms with Gasteiger partial charge < -0.3 is 19.3 Å². The smallest absolute Gasteiger partial charge is 0.305 e. The zero-order valence-corrected chi connectivity index (χ0v) is 22.9. The zero-order valence-electron chi connectivity index (χ0n) is 22.9. The molecule has 0 unspecified atom stereocenters. The van der Waals surface area contributed by atoms with E-state index in [1.807, 2.05) is 0 Å². The molecule has 0 saturated carbocycles. The quantitative estimate of drug-likeness (QED) is 0.117. The van der Waals surface area contributed by atoms with E-state index in [1.54, 1.807) is 61.5 Å². The minimum absolute atomic E-state index is 0.120. The second-order valence-corrected chi connectivity index (χ2v) is 8.98. The summed E-state index contributed by atoms with van der Waals surface area (Å²) >= 11 is 0. The number of benzene rings is 3. The van der Waals surface area contributed by atoms with Gasteiger partial charge in [0.2, 0.25) is 0 Å². The highest BCUT2D eigenvalue weighted by atomic mass is 16.6. The van der Waals surface area contributed by atoms with Gasteiger partial charge in [0.05, 0.1) is 29.5 Å². The van der Waals surface area contributed by atoms with Crippen molar-refractivity contribution in [2.24, 2.45) is 0 Å². The van der Waals surface area contributed by atoms with Gasteiger partial charge in [-0.3, -0.25) is 24.5 Å². The van der Waals surface area contributed by atoms with Gasteiger partial charge in [0.15, 0.2) is 0 Å². The minimum atomic E-state index is -0.635. The molecule has 10 nitrogen and oxygen atoms in total. The van der Waals surface area contributed by atoms with Crippen LogP contribution in [0.4, 0.5) is 17.1 Å². The molecule has 3 aromatic rings. The molecule has 2 amide bonds. The van der Waals surface area contributed by atoms with Gasteiger partial charge in [-0.05, 0) is 62.6 Å². The third kappa shape index (κ3) is 7.66. The first kappa shape index (κ1) is 29.8. The maximum atomic E-state index is 13.4. The molecular weight excluding hydrogens is 514 g/mol. The monoisotopic (exact) mass is 547 g/mol. The van der Waals surface area contributed by atoms with Gasteiger partial charge in [0.25, 0.3) is 17.5 Å². The molecular formula is C30H33N3O7. The van der Waals surface area contributed by atoms with Crippen molar-refractivity contribution in [1.29, 1.82) is 0 Å². The Labute approximate surface area is 233 Å². The molecule has 0 radical (unpaired) electrons. The molecule has 0 heterocycles. The van der Waals surface area contributed by atoms with Crippen LogP contribution in [0.15, 0.2) is 72.8 Å². The molecule has 10 heteroatoms. The van der Waals surface area contributed by atoms with E-state index in [9.17, 15) is 24.5 Å². The predicted octanol–water partition coefficient (Wildman–Crippen LogP) is 5.65. The molecule has 0 spiro atoms. The fourth-order valence-corrected chi connectivity index (χ4v) is 4.06. The summed E-state index contributed by atoms with van der Waals surface area (Å²) in [6.07, 6.45) is 2.52. The number of hydrogen-bond donors (Lipinski definition) is 0. The third-order valence-corrected chi connectivity index (χ3v) is 6.24. The predicted molar refractivity (Wildman–Crippen MR) is 152 cm³/mol. The van der Waals surface area contributed by atoms with Crippen LogP contribution in [0.25, 0.3) is 0 Å². The van der Waals surface area contributed by atoms with Crippen molar-refractivity contribution in [2.75, 3.05) is 37.1 Å². The summed E-state index contributed by atoms with van der Waals surface area (Å²) in [6, 6.07) is 19.6. The van der Waals surface area contributed by atoms with Crippen LogP contribution in [0.3, 0.4) is 0 Å². The topological polar surface area (TPSA) is 119 Å². The third-order valence-electron chi connectivity index (χ3n) is 6.24. The van der Waals surface area contributed by atoms with E-state index in [0.29, 0.717) is 49.5 Å². The van der Waals surface area contributed by atoms with Crippen LogP contribution >= 0.6 is 0 Å². The minimum Gasteiger partial charge on any atom is -0.491 e. The van der Waals surface area contributed by atoms with Gasteiger partial charge in [0, 0.05) is 32.1 Å². The Hall–Kier alpha value is -4.73. The van der Waals surface area contributed by atoms with Crippen molar-refractivity contribution >= 4 is 34.8 Å². The first-order valence-electron chi connectivity index (χ1n) is 13.0. The van der Waals surface area contributed by atoms with Crippen LogP contribution in [-0.2, 0) is 9.53 Å². The second kappa shape index (κ2) is 14.4. The first-order chi connectivity index (χ1) is 19.2. The van der Waals surface area contributed by atoms with Crippen molar-refractivity contribution in [3.8, 4) is 5.75 Å². The molecule has 0 N–H and O–H groups in total. The number of nitrogens with zero attached hydrogens (tertiary/aromatic N) is 3. The molecule has 0 aliphatic carbocycles. The fraction of sp³-hybridized carbons (Fsp3) is 0.300. The maximum absolute atomic E-state index is 13.4. The zero-order chi connectivity index (χ0) is 29.1. The number of ether oxygens (including phenoxy) is 2. The van der Waals surface area contributed by atoms with Gasteiger partial charge in [-0.2, -0.15) is 0 Å². The highest BCUT2D eigenvalue weighted by Crippen LogP contribution is 2.32. The molecule has 0 fully saturated rings. The van der Waals surface area contributed by atoms with E-state index >= 15 is 0 Å². The van der Waals surface area contributed by atoms with Gasteiger partial charge in [-0.15, -0.1) is 0 Å². The Morgan fingerprint density at radius 1 is 0.850 bits per heavy atom. The summed E-state index contributed by atoms with van der Waals surface area (Å²) in [7, 11) is 3.04. The van der Waals surface area contributed by atoms with Crippen molar-refractivity contribution < 1.29 is 28.8 Å². The van der Waals surface area contributed by atoms with Crippen LogP contribution in [0, 0.1) is 10.1 Å². The lowest BCUT2D eigenvalue weighted by Gasteiger charge is -2.22. The summed E-state index contributed by atoms with van der Waals surface area (Å²) < 4.78 is 10.8. The summed E-state index contributed by atoms with van der Waals surface area (Å²) in [5, 5.41) is 12.0. The number of nitro groups is 1. The number of amides is 2. The largest absolute Gasteiger partial charge is 0.491 e. The highest BCUT2D eigenvalue weighted by molar-refractivity contribution is 6.10. The lowest BCUT2D eigenvalue weighted by Crippen LogP contribution is -2.28. The standard InChI is InChI=1S/C30H33N3O7/c1-4-39-28(34)17-9-6-12-20-40-27-16-11-10-15-25(27)32(3)30(36)24-19-18-23(21-26(24)33(37)38)31(2)29(35)22-13-7-5-8-14-22/h5,7-8,10-11,13-16,18-19,21H,4,6,9,12,17,20H2,1-3H3. The molecule has 0 aliphatic rings. The van der Waals surface area contributed by atoms with Crippen LogP contribution in [0.2, 0.25) is 0 Å². The van der Waals surface area contributed by atoms with Crippen LogP contribution in [0.1, 0.15) is 53.3 Å². The van der Waals surface area contributed by atoms with Crippen molar-refractivity contribution in [3.05, 3.63) is 94.0 Å². The number of unbranched alkanes of at least 4 members (excludes halogenated alkanes) is 2. The summed E-state index contributed by atoms with van der Waals surface area (Å²) in [5.74, 6) is -0.694. The normalized spacial score (nSPS) is 10.5. The average Bonchev–Trinajstić information content (AvgIpc) is 2.97. The van der Waals surface area contributed by atoms with Crippen LogP contribution in [-0.4, -0.2) is 50.0 Å². The van der Waals surface area contributed by atoms with E-state index in [4.69, 9.17) is 9.47 Å². The number of hydrogen-bond acceptors (Lipinski definition) is 7. The van der Waals surface area contributed by atoms with E-state index in [2.05, 4.69) is 0 Å². The number of rotatable bonds is 13. The molecule has 0 saturated heterocycles. The summed E-state index contributed by atoms with van der Waals surface area (Å²) in [5.41, 5.74) is 0.635. The number of esters is 1. The first-order valence-corrected chi connectivity index (χ1v) is 13.0. The Balaban J connectivity index is 1.72. The molecule has 0 aliphatic heterocycles. The fourth-order valence-electron chi connectivity index (χ4n) is 4.06. The number of nitro benzene ring substituents is 1. The Kier molecular flexibility index (Phi) is 10.8. The molecule has 40 heavy (non-hydrogen) atoms. The number of anilines is 2. The second-order valence-electron chi connectivity index (χ2n) is 8.98. The highest BCUT2D eigenvalue weighted by Gasteiger charge is 2.27. The molecule has 0 bridgehead atoms. The van der Waals surface area contributed by atoms with E-state index in [0.717, 1.165) is 6.42 Å². The molecule has 210 valence electrons. The summed E-state index contributed by atoms with van der Waals surface area (Å²) in [4.78, 5) is 51.6. The van der Waals surface area contributed by atoms with E-state index < -0.39 is 16.5 Å². The molecule has 0 aromatic heterocycles. The molecule has 3 aromatic carbocycles. The summed E-state index contributed by atoms with van der Waals surface area (Å²) in [6.45, 7) is 2.51. The maximum Gasteiger partial charge on any atom is 0.305 e. The molecule has 3 rings (SSSR count). The lowest BCUT2D eigenvalue weighted by atomic mass is 10.1. The number of carbonyl (C=O) groups is 3. The van der Waals surface area contributed by atoms with E-state index in [-0.39, 0.29) is 23.1 Å². The SMILES string of the molecule is CCOC(=O)CCCCCOc1ccccc1N(C)C(=O)c1ccc(N(C)C(=O)c2ccccc2)cc1[N+](=O)[O-]. The van der Waals surface area contributed by atoms with Crippen LogP contribution in [0.5, 0.6) is 5.75 Å². The van der Waals surface area contributed by atoms with E-state index in [1.165, 1.54) is 42.1 Å². The lowest BCUT2D eigenvalue weighted by molar-refractivity contribution is -0.385. The van der Waals surface area contributed by atoms with Gasteiger partial charge in [-0.1, -0.05) is 30.3 Å². The number of para-hydroxylation sites is 2. The Morgan fingerprint density at radius 2 is 1.55 bits per heavy atom. The Bertz CT molecular complexity index is 1340. The van der Waals surface area contributed by atoms with Crippen molar-refractivity contribution in [3.63, 3.8) is 0 Å². The van der Waals surface area contributed by atoms with Gasteiger partial charge in [-0.25, -0.2) is 0 Å². The number of carbonyl (C=O) groups excluding carboxylic acids is 3. The van der Waals surface area contributed by atoms with Crippen LogP contribution < -0.4 is 14.5 Å². The van der Waals surface area contributed by atoms with Gasteiger partial charge >= 0.3 is 5.97 Å². The van der Waals surface area contributed by atoms with Gasteiger partial charge in [0.1, 0.15) is 11.3 Å². The average molecular weight is 548 g/mol. The van der Waals surface area contributed by atoms with Crippen molar-refractivity contribution in [1.82, 2.24) is 0 Å². The van der Waals surface area contributed by atoms with Crippen molar-refractivity contribution in [2.45, 2.75) is 32.6 Å². The molecule has 0 atom stereocenters. The Morgan fingerprint density at radius 3 is 2.25 bits per heavy atom.